The number of pyridine rings is 1. The molecule has 0 bridgehead atoms. The van der Waals surface area contributed by atoms with Crippen molar-refractivity contribution >= 4 is 5.69 Å². The standard InChI is InChI=1S/C15H18N2O2/c1-11-5-4-6-16-15(11)10-17-12-7-13(18-2)9-14(8-12)19-3/h4-9,17H,10H2,1-3H3. The molecule has 0 spiro atoms. The van der Waals surface area contributed by atoms with E-state index >= 15 is 0 Å². The molecule has 1 aromatic carbocycles. The highest BCUT2D eigenvalue weighted by Crippen LogP contribution is 2.26. The van der Waals surface area contributed by atoms with Crippen LogP contribution in [0.15, 0.2) is 36.5 Å². The minimum Gasteiger partial charge on any atom is -0.497 e. The summed E-state index contributed by atoms with van der Waals surface area (Å²) < 4.78 is 10.5. The summed E-state index contributed by atoms with van der Waals surface area (Å²) in [5, 5.41) is 3.33. The molecule has 0 radical (unpaired) electrons. The molecule has 0 aliphatic carbocycles. The molecule has 4 heteroatoms. The van der Waals surface area contributed by atoms with Gasteiger partial charge in [0, 0.05) is 30.1 Å². The molecule has 4 nitrogen and oxygen atoms in total. The normalized spacial score (nSPS) is 10.1. The Bertz CT molecular complexity index is 533. The van der Waals surface area contributed by atoms with Crippen LogP contribution in [0.5, 0.6) is 11.5 Å². The lowest BCUT2D eigenvalue weighted by Gasteiger charge is -2.11. The molecule has 0 unspecified atom stereocenters. The van der Waals surface area contributed by atoms with E-state index in [1.165, 1.54) is 5.56 Å². The van der Waals surface area contributed by atoms with Crippen molar-refractivity contribution in [2.24, 2.45) is 0 Å². The van der Waals surface area contributed by atoms with E-state index in [2.05, 4.69) is 23.3 Å². The number of rotatable bonds is 5. The number of nitrogens with one attached hydrogen (secondary N) is 1. The third-order valence-electron chi connectivity index (χ3n) is 2.93. The predicted octanol–water partition coefficient (Wildman–Crippen LogP) is 3.02. The van der Waals surface area contributed by atoms with Gasteiger partial charge in [0.25, 0.3) is 0 Å². The zero-order valence-electron chi connectivity index (χ0n) is 11.4. The quantitative estimate of drug-likeness (QED) is 0.895. The van der Waals surface area contributed by atoms with E-state index in [4.69, 9.17) is 9.47 Å². The van der Waals surface area contributed by atoms with E-state index in [1.807, 2.05) is 24.3 Å². The van der Waals surface area contributed by atoms with Gasteiger partial charge in [-0.3, -0.25) is 4.98 Å². The SMILES string of the molecule is COc1cc(NCc2ncccc2C)cc(OC)c1. The minimum atomic E-state index is 0.670. The molecule has 2 aromatic rings. The zero-order chi connectivity index (χ0) is 13.7. The van der Waals surface area contributed by atoms with Gasteiger partial charge in [-0.25, -0.2) is 0 Å². The molecule has 0 fully saturated rings. The summed E-state index contributed by atoms with van der Waals surface area (Å²) in [6, 6.07) is 9.70. The average Bonchev–Trinajstić information content (AvgIpc) is 2.46. The largest absolute Gasteiger partial charge is 0.497 e. The van der Waals surface area contributed by atoms with Gasteiger partial charge in [-0.1, -0.05) is 6.07 Å². The van der Waals surface area contributed by atoms with Crippen molar-refractivity contribution in [3.63, 3.8) is 0 Å². The van der Waals surface area contributed by atoms with Gasteiger partial charge >= 0.3 is 0 Å². The minimum absolute atomic E-state index is 0.670. The number of benzene rings is 1. The summed E-state index contributed by atoms with van der Waals surface area (Å²) in [6.45, 7) is 2.72. The Morgan fingerprint density at radius 3 is 2.37 bits per heavy atom. The Balaban J connectivity index is 2.13. The first-order chi connectivity index (χ1) is 9.22. The van der Waals surface area contributed by atoms with Crippen LogP contribution in [-0.2, 0) is 6.54 Å². The van der Waals surface area contributed by atoms with Crippen molar-refractivity contribution in [3.8, 4) is 11.5 Å². The second kappa shape index (κ2) is 6.09. The van der Waals surface area contributed by atoms with Crippen molar-refractivity contribution in [2.45, 2.75) is 13.5 Å². The fourth-order valence-corrected chi connectivity index (χ4v) is 1.80. The van der Waals surface area contributed by atoms with E-state index in [-0.39, 0.29) is 0 Å². The topological polar surface area (TPSA) is 43.4 Å². The zero-order valence-corrected chi connectivity index (χ0v) is 11.4. The van der Waals surface area contributed by atoms with Gasteiger partial charge < -0.3 is 14.8 Å². The number of hydrogen-bond acceptors (Lipinski definition) is 4. The predicted molar refractivity (Wildman–Crippen MR) is 75.8 cm³/mol. The Hall–Kier alpha value is -2.23. The number of aryl methyl sites for hydroxylation is 1. The number of methoxy groups -OCH3 is 2. The summed E-state index contributed by atoms with van der Waals surface area (Å²) in [7, 11) is 3.28. The molecule has 0 atom stereocenters. The molecule has 0 aliphatic heterocycles. The van der Waals surface area contributed by atoms with E-state index in [0.717, 1.165) is 22.9 Å². The van der Waals surface area contributed by atoms with E-state index in [0.29, 0.717) is 6.54 Å². The van der Waals surface area contributed by atoms with E-state index in [9.17, 15) is 0 Å². The third-order valence-corrected chi connectivity index (χ3v) is 2.93. The molecule has 0 saturated carbocycles. The smallest absolute Gasteiger partial charge is 0.124 e. The molecular formula is C15H18N2O2. The summed E-state index contributed by atoms with van der Waals surface area (Å²) in [5.74, 6) is 1.53. The second-order valence-electron chi connectivity index (χ2n) is 4.22. The van der Waals surface area contributed by atoms with Crippen LogP contribution in [0.2, 0.25) is 0 Å². The number of ether oxygens (including phenoxy) is 2. The molecule has 0 amide bonds. The van der Waals surface area contributed by atoms with Gasteiger partial charge in [-0.15, -0.1) is 0 Å². The number of aromatic nitrogens is 1. The van der Waals surface area contributed by atoms with Crippen LogP contribution in [0.1, 0.15) is 11.3 Å². The molecule has 100 valence electrons. The molecule has 1 N–H and O–H groups in total. The van der Waals surface area contributed by atoms with Gasteiger partial charge in [0.05, 0.1) is 26.5 Å². The Morgan fingerprint density at radius 1 is 1.11 bits per heavy atom. The first kappa shape index (κ1) is 13.2. The molecular weight excluding hydrogens is 240 g/mol. The Morgan fingerprint density at radius 2 is 1.79 bits per heavy atom. The summed E-state index contributed by atoms with van der Waals surface area (Å²) in [4.78, 5) is 4.35. The maximum atomic E-state index is 5.24. The summed E-state index contributed by atoms with van der Waals surface area (Å²) in [5.41, 5.74) is 3.15. The van der Waals surface area contributed by atoms with Crippen LogP contribution in [0.3, 0.4) is 0 Å². The fraction of sp³-hybridized carbons (Fsp3) is 0.267. The van der Waals surface area contributed by atoms with E-state index < -0.39 is 0 Å². The second-order valence-corrected chi connectivity index (χ2v) is 4.22. The molecule has 0 aliphatic rings. The summed E-state index contributed by atoms with van der Waals surface area (Å²) >= 11 is 0. The van der Waals surface area contributed by atoms with Crippen LogP contribution in [0.25, 0.3) is 0 Å². The lowest BCUT2D eigenvalue weighted by Crippen LogP contribution is -2.03. The average molecular weight is 258 g/mol. The van der Waals surface area contributed by atoms with Gasteiger partial charge in [-0.2, -0.15) is 0 Å². The molecule has 1 aromatic heterocycles. The molecule has 19 heavy (non-hydrogen) atoms. The van der Waals surface area contributed by atoms with E-state index in [1.54, 1.807) is 20.4 Å². The molecule has 1 heterocycles. The van der Waals surface area contributed by atoms with Gasteiger partial charge in [0.2, 0.25) is 0 Å². The van der Waals surface area contributed by atoms with Crippen molar-refractivity contribution in [3.05, 3.63) is 47.8 Å². The fourth-order valence-electron chi connectivity index (χ4n) is 1.80. The van der Waals surface area contributed by atoms with Crippen LogP contribution in [-0.4, -0.2) is 19.2 Å². The van der Waals surface area contributed by atoms with Crippen LogP contribution < -0.4 is 14.8 Å². The van der Waals surface area contributed by atoms with Crippen LogP contribution >= 0.6 is 0 Å². The maximum absolute atomic E-state index is 5.24. The van der Waals surface area contributed by atoms with Crippen LogP contribution in [0, 0.1) is 6.92 Å². The highest BCUT2D eigenvalue weighted by molar-refractivity contribution is 5.54. The first-order valence-corrected chi connectivity index (χ1v) is 6.10. The van der Waals surface area contributed by atoms with Crippen molar-refractivity contribution < 1.29 is 9.47 Å². The highest BCUT2D eigenvalue weighted by Gasteiger charge is 2.03. The van der Waals surface area contributed by atoms with Crippen LogP contribution in [0.4, 0.5) is 5.69 Å². The Labute approximate surface area is 113 Å². The Kier molecular flexibility index (Phi) is 4.23. The van der Waals surface area contributed by atoms with Crippen molar-refractivity contribution in [2.75, 3.05) is 19.5 Å². The first-order valence-electron chi connectivity index (χ1n) is 6.10. The number of anilines is 1. The van der Waals surface area contributed by atoms with Gasteiger partial charge in [0.15, 0.2) is 0 Å². The number of nitrogens with zero attached hydrogens (tertiary/aromatic N) is 1. The third kappa shape index (κ3) is 3.37. The lowest BCUT2D eigenvalue weighted by molar-refractivity contribution is 0.394. The van der Waals surface area contributed by atoms with Gasteiger partial charge in [0.1, 0.15) is 11.5 Å². The number of hydrogen-bond donors (Lipinski definition) is 1. The molecule has 0 saturated heterocycles. The molecule has 2 rings (SSSR count). The summed E-state index contributed by atoms with van der Waals surface area (Å²) in [6.07, 6.45) is 1.80. The van der Waals surface area contributed by atoms with Gasteiger partial charge in [-0.05, 0) is 18.6 Å². The monoisotopic (exact) mass is 258 g/mol. The maximum Gasteiger partial charge on any atom is 0.124 e. The highest BCUT2D eigenvalue weighted by atomic mass is 16.5. The van der Waals surface area contributed by atoms with Crippen molar-refractivity contribution in [1.29, 1.82) is 0 Å². The van der Waals surface area contributed by atoms with Crippen molar-refractivity contribution in [1.82, 2.24) is 4.98 Å². The lowest BCUT2D eigenvalue weighted by atomic mass is 10.2.